The van der Waals surface area contributed by atoms with Crippen molar-refractivity contribution in [1.29, 1.82) is 0 Å². The highest BCUT2D eigenvalue weighted by Gasteiger charge is 2.38. The van der Waals surface area contributed by atoms with Crippen molar-refractivity contribution >= 4 is 15.9 Å². The van der Waals surface area contributed by atoms with Gasteiger partial charge in [-0.2, -0.15) is 13.2 Å². The molecule has 0 saturated carbocycles. The zero-order chi connectivity index (χ0) is 12.5. The predicted molar refractivity (Wildman–Crippen MR) is 48.5 cm³/mol. The molecule has 0 unspecified atom stereocenters. The SMILES string of the molecule is Oc1c(C(F)F)cc(CBr)nc1C(F)(F)F. The van der Waals surface area contributed by atoms with Crippen molar-refractivity contribution in [3.8, 4) is 5.75 Å². The van der Waals surface area contributed by atoms with Gasteiger partial charge in [0.25, 0.3) is 6.43 Å². The molecule has 0 fully saturated rings. The highest BCUT2D eigenvalue weighted by molar-refractivity contribution is 9.08. The molecule has 0 aliphatic rings. The van der Waals surface area contributed by atoms with Crippen LogP contribution < -0.4 is 0 Å². The number of nitrogens with zero attached hydrogens (tertiary/aromatic N) is 1. The van der Waals surface area contributed by atoms with Crippen LogP contribution in [0.1, 0.15) is 23.4 Å². The van der Waals surface area contributed by atoms with Crippen LogP contribution in [0.25, 0.3) is 0 Å². The summed E-state index contributed by atoms with van der Waals surface area (Å²) >= 11 is 2.81. The maximum Gasteiger partial charge on any atom is 0.437 e. The van der Waals surface area contributed by atoms with Gasteiger partial charge in [0.15, 0.2) is 11.4 Å². The number of rotatable bonds is 2. The summed E-state index contributed by atoms with van der Waals surface area (Å²) in [7, 11) is 0. The molecule has 0 aromatic carbocycles. The van der Waals surface area contributed by atoms with Gasteiger partial charge >= 0.3 is 6.18 Å². The zero-order valence-corrected chi connectivity index (χ0v) is 9.11. The Balaban J connectivity index is 3.44. The Kier molecular flexibility index (Phi) is 3.72. The molecule has 8 heteroatoms. The number of hydrogen-bond acceptors (Lipinski definition) is 2. The van der Waals surface area contributed by atoms with Crippen LogP contribution in [-0.4, -0.2) is 10.1 Å². The molecule has 2 nitrogen and oxygen atoms in total. The largest absolute Gasteiger partial charge is 0.505 e. The number of aromatic nitrogens is 1. The van der Waals surface area contributed by atoms with E-state index in [1.165, 1.54) is 0 Å². The first kappa shape index (κ1) is 13.1. The molecule has 0 radical (unpaired) electrons. The van der Waals surface area contributed by atoms with Gasteiger partial charge in [-0.1, -0.05) is 15.9 Å². The molecule has 1 rings (SSSR count). The summed E-state index contributed by atoms with van der Waals surface area (Å²) < 4.78 is 61.7. The number of alkyl halides is 6. The maximum atomic E-state index is 12.3. The van der Waals surface area contributed by atoms with E-state index < -0.39 is 29.6 Å². The lowest BCUT2D eigenvalue weighted by atomic mass is 10.1. The number of halogens is 6. The minimum atomic E-state index is -4.97. The second kappa shape index (κ2) is 4.52. The Morgan fingerprint density at radius 1 is 1.38 bits per heavy atom. The first-order valence-electron chi connectivity index (χ1n) is 3.91. The average molecular weight is 306 g/mol. The second-order valence-corrected chi connectivity index (χ2v) is 3.39. The lowest BCUT2D eigenvalue weighted by Gasteiger charge is -2.12. The van der Waals surface area contributed by atoms with Gasteiger partial charge in [0, 0.05) is 5.33 Å². The predicted octanol–water partition coefficient (Wildman–Crippen LogP) is 3.64. The van der Waals surface area contributed by atoms with Crippen molar-refractivity contribution < 1.29 is 27.1 Å². The van der Waals surface area contributed by atoms with E-state index >= 15 is 0 Å². The van der Waals surface area contributed by atoms with Gasteiger partial charge in [-0.05, 0) is 6.07 Å². The van der Waals surface area contributed by atoms with E-state index in [1.807, 2.05) is 0 Å². The Labute approximate surface area is 95.2 Å². The van der Waals surface area contributed by atoms with Crippen molar-refractivity contribution in [2.24, 2.45) is 0 Å². The Bertz CT molecular complexity index is 393. The molecular formula is C8H5BrF5NO. The third-order valence-corrected chi connectivity index (χ3v) is 2.29. The van der Waals surface area contributed by atoms with Crippen LogP contribution in [0.5, 0.6) is 5.75 Å². The molecule has 0 atom stereocenters. The summed E-state index contributed by atoms with van der Waals surface area (Å²) in [6, 6.07) is 0.726. The first-order chi connectivity index (χ1) is 7.27. The fraction of sp³-hybridized carbons (Fsp3) is 0.375. The van der Waals surface area contributed by atoms with Crippen molar-refractivity contribution in [2.45, 2.75) is 17.9 Å². The summed E-state index contributed by atoms with van der Waals surface area (Å²) in [5.74, 6) is -1.52. The number of pyridine rings is 1. The van der Waals surface area contributed by atoms with Crippen molar-refractivity contribution in [2.75, 3.05) is 0 Å². The molecule has 1 aromatic rings. The van der Waals surface area contributed by atoms with Crippen molar-refractivity contribution in [1.82, 2.24) is 4.98 Å². The van der Waals surface area contributed by atoms with Gasteiger partial charge < -0.3 is 5.11 Å². The van der Waals surface area contributed by atoms with Crippen LogP contribution in [0.15, 0.2) is 6.07 Å². The molecule has 1 N–H and O–H groups in total. The third-order valence-electron chi connectivity index (χ3n) is 1.72. The van der Waals surface area contributed by atoms with E-state index in [1.54, 1.807) is 0 Å². The smallest absolute Gasteiger partial charge is 0.437 e. The molecule has 0 amide bonds. The van der Waals surface area contributed by atoms with Gasteiger partial charge in [-0.25, -0.2) is 13.8 Å². The highest BCUT2D eigenvalue weighted by atomic mass is 79.9. The fourth-order valence-corrected chi connectivity index (χ4v) is 1.33. The van der Waals surface area contributed by atoms with Crippen LogP contribution in [-0.2, 0) is 11.5 Å². The molecule has 0 saturated heterocycles. The molecule has 1 heterocycles. The number of hydrogen-bond donors (Lipinski definition) is 1. The molecule has 0 aliphatic heterocycles. The maximum absolute atomic E-state index is 12.3. The standard InChI is InChI=1S/C8H5BrF5NO/c9-2-3-1-4(7(10)11)5(16)6(15-3)8(12,13)14/h1,7,16H,2H2. The van der Waals surface area contributed by atoms with Crippen molar-refractivity contribution in [3.05, 3.63) is 23.0 Å². The van der Waals surface area contributed by atoms with Crippen LogP contribution in [0.2, 0.25) is 0 Å². The summed E-state index contributed by atoms with van der Waals surface area (Å²) in [5, 5.41) is 8.92. The molecule has 1 aromatic heterocycles. The highest BCUT2D eigenvalue weighted by Crippen LogP contribution is 2.39. The van der Waals surface area contributed by atoms with Gasteiger partial charge in [-0.15, -0.1) is 0 Å². The minimum absolute atomic E-state index is 0.115. The zero-order valence-electron chi connectivity index (χ0n) is 7.52. The van der Waals surface area contributed by atoms with E-state index in [2.05, 4.69) is 20.9 Å². The van der Waals surface area contributed by atoms with Gasteiger partial charge in [0.1, 0.15) is 0 Å². The first-order valence-corrected chi connectivity index (χ1v) is 5.03. The fourth-order valence-electron chi connectivity index (χ4n) is 1.05. The van der Waals surface area contributed by atoms with Gasteiger partial charge in [0.2, 0.25) is 0 Å². The van der Waals surface area contributed by atoms with Crippen LogP contribution >= 0.6 is 15.9 Å². The van der Waals surface area contributed by atoms with Crippen molar-refractivity contribution in [3.63, 3.8) is 0 Å². The Hall–Kier alpha value is -0.920. The van der Waals surface area contributed by atoms with Crippen LogP contribution in [0, 0.1) is 0 Å². The summed E-state index contributed by atoms with van der Waals surface area (Å²) in [6.45, 7) is 0. The van der Waals surface area contributed by atoms with E-state index in [4.69, 9.17) is 5.11 Å². The molecular weight excluding hydrogens is 301 g/mol. The molecule has 0 bridgehead atoms. The Morgan fingerprint density at radius 2 is 1.94 bits per heavy atom. The third kappa shape index (κ3) is 2.60. The van der Waals surface area contributed by atoms with E-state index in [0.29, 0.717) is 0 Å². The van der Waals surface area contributed by atoms with Crippen LogP contribution in [0.3, 0.4) is 0 Å². The normalized spacial score (nSPS) is 12.2. The van der Waals surface area contributed by atoms with E-state index in [0.717, 1.165) is 6.07 Å². The van der Waals surface area contributed by atoms with E-state index in [-0.39, 0.29) is 11.0 Å². The molecule has 0 aliphatic carbocycles. The van der Waals surface area contributed by atoms with Gasteiger partial charge in [0.05, 0.1) is 11.3 Å². The quantitative estimate of drug-likeness (QED) is 0.668. The monoisotopic (exact) mass is 305 g/mol. The topological polar surface area (TPSA) is 33.1 Å². The molecule has 90 valence electrons. The number of aromatic hydroxyl groups is 1. The molecule has 0 spiro atoms. The lowest BCUT2D eigenvalue weighted by Crippen LogP contribution is -2.11. The van der Waals surface area contributed by atoms with Crippen LogP contribution in [0.4, 0.5) is 22.0 Å². The minimum Gasteiger partial charge on any atom is -0.505 e. The molecule has 16 heavy (non-hydrogen) atoms. The van der Waals surface area contributed by atoms with E-state index in [9.17, 15) is 22.0 Å². The summed E-state index contributed by atoms with van der Waals surface area (Å²) in [4.78, 5) is 3.05. The average Bonchev–Trinajstić information content (AvgIpc) is 2.15. The second-order valence-electron chi connectivity index (χ2n) is 2.83. The van der Waals surface area contributed by atoms with Gasteiger partial charge in [-0.3, -0.25) is 0 Å². The lowest BCUT2D eigenvalue weighted by molar-refractivity contribution is -0.142. The summed E-state index contributed by atoms with van der Waals surface area (Å²) in [6.07, 6.45) is -8.16. The Morgan fingerprint density at radius 3 is 2.31 bits per heavy atom. The summed E-state index contributed by atoms with van der Waals surface area (Å²) in [5.41, 5.74) is -2.99.